The minimum absolute atomic E-state index is 0. The number of esters is 1. The van der Waals surface area contributed by atoms with E-state index in [1.165, 1.54) is 29.4 Å². The van der Waals surface area contributed by atoms with Crippen molar-refractivity contribution in [1.29, 1.82) is 0 Å². The Morgan fingerprint density at radius 2 is 1.00 bits per heavy atom. The summed E-state index contributed by atoms with van der Waals surface area (Å²) in [6.45, 7) is 12.4. The van der Waals surface area contributed by atoms with Gasteiger partial charge in [0.05, 0.1) is 13.5 Å². The van der Waals surface area contributed by atoms with Crippen LogP contribution in [-0.4, -0.2) is 13.1 Å². The molecule has 3 rings (SSSR count). The molecular weight excluding hydrogens is 620 g/mol. The molecule has 0 N–H and O–H groups in total. The van der Waals surface area contributed by atoms with Crippen molar-refractivity contribution in [3.8, 4) is 0 Å². The van der Waals surface area contributed by atoms with Gasteiger partial charge in [-0.1, -0.05) is 91.0 Å². The first-order valence-electron chi connectivity index (χ1n) is 10.3. The zero-order valence-electron chi connectivity index (χ0n) is 20.8. The molecule has 0 amide bonds. The van der Waals surface area contributed by atoms with Crippen molar-refractivity contribution in [1.82, 2.24) is 0 Å². The normalized spacial score (nSPS) is 11.2. The van der Waals surface area contributed by atoms with E-state index in [9.17, 15) is 30.0 Å². The number of halogens is 6. The third-order valence-electron chi connectivity index (χ3n) is 3.72. The molecule has 0 spiro atoms. The summed E-state index contributed by atoms with van der Waals surface area (Å²) in [5.41, 5.74) is 0. The maximum absolute atomic E-state index is 10.7. The predicted octanol–water partition coefficient (Wildman–Crippen LogP) is 7.56. The Bertz CT molecular complexity index is 990. The Morgan fingerprint density at radius 3 is 1.23 bits per heavy atom. The average Bonchev–Trinajstić information content (AvgIpc) is 2.92. The molecule has 0 bridgehead atoms. The first-order valence-corrected chi connectivity index (χ1v) is 13.7. The minimum atomic E-state index is -10.7. The number of carbonyl (C=O) groups excluding carboxylic acids is 1. The number of unbranched alkanes of at least 4 members (excludes halogenated alkanes) is 2. The van der Waals surface area contributed by atoms with E-state index in [4.69, 9.17) is 9.30 Å². The molecule has 40 heavy (non-hydrogen) atoms. The number of carbonyl (C=O) groups is 1. The molecule has 3 aromatic carbocycles. The summed E-state index contributed by atoms with van der Waals surface area (Å²) in [7, 11) is -9.77. The van der Waals surface area contributed by atoms with Crippen molar-refractivity contribution in [2.75, 3.05) is 7.11 Å². The molecule has 0 unspecified atom stereocenters. The van der Waals surface area contributed by atoms with E-state index < -0.39 is 15.7 Å². The van der Waals surface area contributed by atoms with Crippen molar-refractivity contribution < 1.29 is 61.1 Å². The summed E-state index contributed by atoms with van der Waals surface area (Å²) < 4.78 is 78.5. The van der Waals surface area contributed by atoms with Crippen LogP contribution in [0.2, 0.25) is 0 Å². The Kier molecular flexibility index (Phi) is 21.5. The maximum Gasteiger partial charge on any atom is 2.00 e. The third-order valence-corrected chi connectivity index (χ3v) is 6.17. The second-order valence-corrected chi connectivity index (χ2v) is 10.7. The van der Waals surface area contributed by atoms with Gasteiger partial charge in [-0.2, -0.15) is 0 Å². The van der Waals surface area contributed by atoms with Crippen molar-refractivity contribution in [2.24, 2.45) is 0 Å². The Balaban J connectivity index is -0.000000552. The molecule has 4 nitrogen and oxygen atoms in total. The topological polar surface area (TPSA) is 66.1 Å². The van der Waals surface area contributed by atoms with E-state index in [1.807, 2.05) is 0 Å². The number of rotatable bonds is 7. The van der Waals surface area contributed by atoms with Gasteiger partial charge in [-0.05, 0) is 50.0 Å². The van der Waals surface area contributed by atoms with Crippen LogP contribution in [0.5, 0.6) is 0 Å². The molecular formula is C27H24F6FeO4P2+. The SMILES string of the molecule is F[P-](F)(F)(F)(F)F.[C-]#[O+].[C-]#[O+].[CH2][CH][CH][CH][CH]C(=O)OC.[Fe+2].c1ccc(P(c2ccccc2)c2ccccc2)cc1. The van der Waals surface area contributed by atoms with Crippen LogP contribution in [0.3, 0.4) is 0 Å². The van der Waals surface area contributed by atoms with Crippen LogP contribution in [0.1, 0.15) is 0 Å². The molecule has 0 saturated heterocycles. The van der Waals surface area contributed by atoms with E-state index in [1.54, 1.807) is 19.3 Å². The molecule has 13 heteroatoms. The standard InChI is InChI=1S/C18H15P.C7H9O2.2CO.F6P.Fe/c1-4-10-16(11-5-1)19(17-12-6-2-7-13-17)18-14-8-3-9-15-18;1-3-4-5-6-7(8)9-2;2*1-2;1-7(2,3,4,5)6;/h1-15H;3-6H,1H2,2H3;;;;/q;;;;-1;+2. The van der Waals surface area contributed by atoms with Crippen molar-refractivity contribution in [2.45, 2.75) is 0 Å². The van der Waals surface area contributed by atoms with E-state index in [0.717, 1.165) is 0 Å². The Labute approximate surface area is 242 Å². The average molecular weight is 644 g/mol. The quantitative estimate of drug-likeness (QED) is 0.0507. The summed E-state index contributed by atoms with van der Waals surface area (Å²) in [5.74, 6) is -0.354. The van der Waals surface area contributed by atoms with Crippen LogP contribution in [0, 0.1) is 45.9 Å². The second-order valence-electron chi connectivity index (χ2n) is 6.61. The maximum atomic E-state index is 10.3. The molecule has 0 heterocycles. The van der Waals surface area contributed by atoms with Gasteiger partial charge in [0.2, 0.25) is 0 Å². The fourth-order valence-corrected chi connectivity index (χ4v) is 4.76. The molecule has 0 aliphatic carbocycles. The van der Waals surface area contributed by atoms with Crippen LogP contribution in [0.4, 0.5) is 25.2 Å². The largest absolute Gasteiger partial charge is 2.00 e. The van der Waals surface area contributed by atoms with Gasteiger partial charge in [0.15, 0.2) is 0 Å². The smallest absolute Gasteiger partial charge is 0.469 e. The molecule has 5 radical (unpaired) electrons. The van der Waals surface area contributed by atoms with Crippen LogP contribution in [-0.2, 0) is 35.9 Å². The van der Waals surface area contributed by atoms with Gasteiger partial charge >= 0.3 is 78.6 Å². The zero-order valence-corrected chi connectivity index (χ0v) is 23.7. The molecule has 0 aliphatic rings. The van der Waals surface area contributed by atoms with E-state index in [0.29, 0.717) is 0 Å². The molecule has 0 aliphatic heterocycles. The van der Waals surface area contributed by atoms with Crippen LogP contribution in [0.15, 0.2) is 91.0 Å². The molecule has 3 aromatic rings. The van der Waals surface area contributed by atoms with E-state index in [2.05, 4.69) is 116 Å². The summed E-state index contributed by atoms with van der Waals surface area (Å²) >= 11 is 0. The third kappa shape index (κ3) is 25.8. The summed E-state index contributed by atoms with van der Waals surface area (Å²) in [4.78, 5) is 10.3. The first kappa shape index (κ1) is 42.0. The number of hydrogen-bond acceptors (Lipinski definition) is 2. The molecule has 0 aromatic heterocycles. The summed E-state index contributed by atoms with van der Waals surface area (Å²) in [6, 6.07) is 32.3. The van der Waals surface area contributed by atoms with Gasteiger partial charge in [-0.25, -0.2) is 0 Å². The summed E-state index contributed by atoms with van der Waals surface area (Å²) in [6.07, 6.45) is 6.12. The van der Waals surface area contributed by atoms with Gasteiger partial charge in [-0.15, -0.1) is 0 Å². The molecule has 0 fully saturated rings. The van der Waals surface area contributed by atoms with Crippen LogP contribution in [0.25, 0.3) is 0 Å². The predicted molar refractivity (Wildman–Crippen MR) is 141 cm³/mol. The van der Waals surface area contributed by atoms with Crippen molar-refractivity contribution in [3.05, 3.63) is 137 Å². The van der Waals surface area contributed by atoms with Crippen molar-refractivity contribution >= 4 is 37.6 Å². The number of ether oxygens (including phenoxy) is 1. The number of benzene rings is 3. The molecule has 215 valence electrons. The van der Waals surface area contributed by atoms with Gasteiger partial charge in [0, 0.05) is 0 Å². The summed E-state index contributed by atoms with van der Waals surface area (Å²) in [5, 5.41) is 4.19. The number of hydrogen-bond donors (Lipinski definition) is 0. The van der Waals surface area contributed by atoms with Gasteiger partial charge in [0.25, 0.3) is 0 Å². The van der Waals surface area contributed by atoms with Crippen LogP contribution >= 0.6 is 15.7 Å². The fourth-order valence-electron chi connectivity index (χ4n) is 2.46. The zero-order chi connectivity index (χ0) is 30.4. The Hall–Kier alpha value is -2.43. The van der Waals surface area contributed by atoms with Crippen LogP contribution < -0.4 is 15.9 Å². The minimum Gasteiger partial charge on any atom is -0.469 e. The van der Waals surface area contributed by atoms with E-state index in [-0.39, 0.29) is 23.0 Å². The molecule has 0 saturated carbocycles. The first-order chi connectivity index (χ1) is 18.2. The van der Waals surface area contributed by atoms with Gasteiger partial charge in [0.1, 0.15) is 0 Å². The van der Waals surface area contributed by atoms with E-state index >= 15 is 0 Å². The van der Waals surface area contributed by atoms with Gasteiger partial charge < -0.3 is 4.74 Å². The Morgan fingerprint density at radius 1 is 0.725 bits per heavy atom. The molecule has 0 atom stereocenters. The monoisotopic (exact) mass is 644 g/mol. The van der Waals surface area contributed by atoms with Gasteiger partial charge in [-0.3, -0.25) is 4.79 Å². The number of methoxy groups -OCH3 is 1. The second kappa shape index (κ2) is 20.4. The fraction of sp³-hybridized carbons (Fsp3) is 0.0370. The van der Waals surface area contributed by atoms with Crippen molar-refractivity contribution in [3.63, 3.8) is 0 Å².